The lowest BCUT2D eigenvalue weighted by Gasteiger charge is -2.02. The molecule has 0 fully saturated rings. The third-order valence-electron chi connectivity index (χ3n) is 3.97. The van der Waals surface area contributed by atoms with Crippen LogP contribution in [0.4, 0.5) is 0 Å². The molecule has 3 heteroatoms. The normalized spacial score (nSPS) is 11.6. The number of carboxylic acids is 1. The van der Waals surface area contributed by atoms with Crippen molar-refractivity contribution in [1.29, 1.82) is 0 Å². The number of carbonyl (C=O) groups excluding carboxylic acids is 1. The maximum absolute atomic E-state index is 11.0. The van der Waals surface area contributed by atoms with Gasteiger partial charge in [0, 0.05) is 6.42 Å². The molecule has 0 aliphatic carbocycles. The fraction of sp³-hybridized carbons (Fsp3) is 0.789. The van der Waals surface area contributed by atoms with Gasteiger partial charge in [-0.25, -0.2) is 0 Å². The Hall–Kier alpha value is -1.12. The van der Waals surface area contributed by atoms with Crippen molar-refractivity contribution in [3.8, 4) is 0 Å². The predicted molar refractivity (Wildman–Crippen MR) is 92.1 cm³/mol. The highest BCUT2D eigenvalue weighted by molar-refractivity contribution is 5.72. The summed E-state index contributed by atoms with van der Waals surface area (Å²) in [6, 6.07) is 0. The Kier molecular flexibility index (Phi) is 15.4. The van der Waals surface area contributed by atoms with Gasteiger partial charge in [-0.1, -0.05) is 64.4 Å². The highest BCUT2D eigenvalue weighted by Gasteiger charge is 1.98. The Balaban J connectivity index is 3.50. The first-order valence-corrected chi connectivity index (χ1v) is 9.06. The van der Waals surface area contributed by atoms with Gasteiger partial charge in [0.25, 0.3) is 0 Å². The fourth-order valence-electron chi connectivity index (χ4n) is 2.56. The third-order valence-corrected chi connectivity index (χ3v) is 3.97. The number of aliphatic carboxylic acids is 1. The molecule has 128 valence electrons. The summed E-state index contributed by atoms with van der Waals surface area (Å²) in [5, 5.41) is 8.53. The average Bonchev–Trinajstić information content (AvgIpc) is 2.50. The van der Waals surface area contributed by atoms with Crippen LogP contribution in [0.3, 0.4) is 0 Å². The van der Waals surface area contributed by atoms with Gasteiger partial charge >= 0.3 is 5.97 Å². The number of allylic oxidation sites excluding steroid dienone is 2. The van der Waals surface area contributed by atoms with Crippen LogP contribution in [0.1, 0.15) is 96.8 Å². The van der Waals surface area contributed by atoms with Gasteiger partial charge in [0.2, 0.25) is 0 Å². The number of carbonyl (C=O) groups is 2. The maximum atomic E-state index is 11.0. The van der Waals surface area contributed by atoms with E-state index in [1.165, 1.54) is 32.1 Å². The number of rotatable bonds is 16. The van der Waals surface area contributed by atoms with Gasteiger partial charge in [0.1, 0.15) is 6.29 Å². The van der Waals surface area contributed by atoms with Crippen LogP contribution in [0.5, 0.6) is 0 Å². The molecule has 0 bridgehead atoms. The van der Waals surface area contributed by atoms with Crippen molar-refractivity contribution in [2.75, 3.05) is 0 Å². The summed E-state index contributed by atoms with van der Waals surface area (Å²) in [5.74, 6) is -0.701. The zero-order chi connectivity index (χ0) is 16.5. The molecule has 0 atom stereocenters. The van der Waals surface area contributed by atoms with Crippen LogP contribution in [0.15, 0.2) is 11.6 Å². The smallest absolute Gasteiger partial charge is 0.303 e. The number of aldehydes is 1. The fourth-order valence-corrected chi connectivity index (χ4v) is 2.56. The first kappa shape index (κ1) is 20.9. The van der Waals surface area contributed by atoms with E-state index in [0.29, 0.717) is 0 Å². The van der Waals surface area contributed by atoms with E-state index in [2.05, 4.69) is 13.0 Å². The molecule has 0 heterocycles. The second-order valence-corrected chi connectivity index (χ2v) is 6.11. The molecule has 0 unspecified atom stereocenters. The molecule has 0 aromatic carbocycles. The first-order chi connectivity index (χ1) is 10.7. The lowest BCUT2D eigenvalue weighted by molar-refractivity contribution is -0.137. The number of unbranched alkanes of at least 4 members (excludes halogenated alkanes) is 10. The van der Waals surface area contributed by atoms with Crippen LogP contribution in [0.25, 0.3) is 0 Å². The second kappa shape index (κ2) is 16.3. The molecule has 0 saturated carbocycles. The molecule has 0 rings (SSSR count). The van der Waals surface area contributed by atoms with E-state index in [1.807, 2.05) is 0 Å². The number of hydrogen-bond acceptors (Lipinski definition) is 2. The standard InChI is InChI=1S/C19H34O3/c1-2-3-4-5-8-11-14-18(17-20)15-12-9-6-7-10-13-16-19(21)22/h15,17H,2-14,16H2,1H3,(H,21,22)/b18-15+. The summed E-state index contributed by atoms with van der Waals surface area (Å²) in [6.45, 7) is 2.22. The molecule has 3 nitrogen and oxygen atoms in total. The molecule has 0 radical (unpaired) electrons. The summed E-state index contributed by atoms with van der Waals surface area (Å²) in [4.78, 5) is 21.4. The molecule has 22 heavy (non-hydrogen) atoms. The number of hydrogen-bond donors (Lipinski definition) is 1. The lowest BCUT2D eigenvalue weighted by atomic mass is 10.0. The SMILES string of the molecule is CCCCCCCC/C(C=O)=C\CCCCCCCC(=O)O. The Morgan fingerprint density at radius 3 is 1.95 bits per heavy atom. The summed E-state index contributed by atoms with van der Waals surface area (Å²) in [5.41, 5.74) is 0.960. The predicted octanol–water partition coefficient (Wildman–Crippen LogP) is 5.68. The summed E-state index contributed by atoms with van der Waals surface area (Å²) in [7, 11) is 0. The van der Waals surface area contributed by atoms with Crippen molar-refractivity contribution in [2.45, 2.75) is 96.8 Å². The molecular weight excluding hydrogens is 276 g/mol. The monoisotopic (exact) mass is 310 g/mol. The minimum absolute atomic E-state index is 0.285. The Morgan fingerprint density at radius 2 is 1.36 bits per heavy atom. The van der Waals surface area contributed by atoms with Crippen molar-refractivity contribution < 1.29 is 14.7 Å². The van der Waals surface area contributed by atoms with Crippen molar-refractivity contribution in [1.82, 2.24) is 0 Å². The molecule has 0 saturated heterocycles. The van der Waals surface area contributed by atoms with Crippen LogP contribution in [-0.4, -0.2) is 17.4 Å². The van der Waals surface area contributed by atoms with E-state index in [0.717, 1.165) is 63.2 Å². The molecule has 0 spiro atoms. The summed E-state index contributed by atoms with van der Waals surface area (Å²) >= 11 is 0. The van der Waals surface area contributed by atoms with Gasteiger partial charge in [-0.15, -0.1) is 0 Å². The Bertz CT molecular complexity index is 308. The van der Waals surface area contributed by atoms with E-state index in [9.17, 15) is 9.59 Å². The quantitative estimate of drug-likeness (QED) is 0.227. The van der Waals surface area contributed by atoms with Crippen LogP contribution in [0.2, 0.25) is 0 Å². The van der Waals surface area contributed by atoms with Crippen LogP contribution in [-0.2, 0) is 9.59 Å². The topological polar surface area (TPSA) is 54.4 Å². The van der Waals surface area contributed by atoms with Crippen LogP contribution >= 0.6 is 0 Å². The van der Waals surface area contributed by atoms with E-state index < -0.39 is 5.97 Å². The molecular formula is C19H34O3. The van der Waals surface area contributed by atoms with E-state index in [4.69, 9.17) is 5.11 Å². The maximum Gasteiger partial charge on any atom is 0.303 e. The Labute approximate surface area is 136 Å². The van der Waals surface area contributed by atoms with Crippen molar-refractivity contribution in [2.24, 2.45) is 0 Å². The molecule has 0 amide bonds. The van der Waals surface area contributed by atoms with E-state index >= 15 is 0 Å². The zero-order valence-corrected chi connectivity index (χ0v) is 14.3. The van der Waals surface area contributed by atoms with Gasteiger partial charge in [0.05, 0.1) is 0 Å². The third kappa shape index (κ3) is 15.3. The van der Waals surface area contributed by atoms with Gasteiger partial charge < -0.3 is 5.11 Å². The molecule has 0 aliphatic rings. The van der Waals surface area contributed by atoms with Crippen LogP contribution < -0.4 is 0 Å². The van der Waals surface area contributed by atoms with Crippen molar-refractivity contribution >= 4 is 12.3 Å². The average molecular weight is 310 g/mol. The molecule has 1 N–H and O–H groups in total. The van der Waals surface area contributed by atoms with Gasteiger partial charge in [0.15, 0.2) is 0 Å². The zero-order valence-electron chi connectivity index (χ0n) is 14.3. The first-order valence-electron chi connectivity index (χ1n) is 9.06. The van der Waals surface area contributed by atoms with Crippen LogP contribution in [0, 0.1) is 0 Å². The molecule has 0 aromatic rings. The highest BCUT2D eigenvalue weighted by atomic mass is 16.4. The van der Waals surface area contributed by atoms with Gasteiger partial charge in [-0.2, -0.15) is 0 Å². The Morgan fingerprint density at radius 1 is 0.818 bits per heavy atom. The highest BCUT2D eigenvalue weighted by Crippen LogP contribution is 2.13. The van der Waals surface area contributed by atoms with Crippen molar-refractivity contribution in [3.05, 3.63) is 11.6 Å². The van der Waals surface area contributed by atoms with Crippen molar-refractivity contribution in [3.63, 3.8) is 0 Å². The molecule has 0 aliphatic heterocycles. The van der Waals surface area contributed by atoms with Gasteiger partial charge in [-0.3, -0.25) is 9.59 Å². The largest absolute Gasteiger partial charge is 0.481 e. The number of carboxylic acid groups (broad SMARTS) is 1. The lowest BCUT2D eigenvalue weighted by Crippen LogP contribution is -1.93. The summed E-state index contributed by atoms with van der Waals surface area (Å²) in [6.07, 6.45) is 17.9. The van der Waals surface area contributed by atoms with Gasteiger partial charge in [-0.05, 0) is 37.7 Å². The summed E-state index contributed by atoms with van der Waals surface area (Å²) < 4.78 is 0. The minimum atomic E-state index is -0.701. The molecule has 0 aromatic heterocycles. The minimum Gasteiger partial charge on any atom is -0.481 e. The second-order valence-electron chi connectivity index (χ2n) is 6.11. The van der Waals surface area contributed by atoms with E-state index in [1.54, 1.807) is 0 Å². The van der Waals surface area contributed by atoms with E-state index in [-0.39, 0.29) is 6.42 Å².